The molecule has 2 N–H and O–H groups in total. The largest absolute Gasteiger partial charge is 0.465 e. The number of rotatable bonds is 3. The minimum atomic E-state index is -0.274. The highest BCUT2D eigenvalue weighted by molar-refractivity contribution is 5.89. The fraction of sp³-hybridized carbons (Fsp3) is 0.462. The summed E-state index contributed by atoms with van der Waals surface area (Å²) in [7, 11) is 1.41. The SMILES string of the molecule is COC(=O)c1ccc2c(c1)CN(CCN)CC2. The molecular weight excluding hydrogens is 216 g/mol. The summed E-state index contributed by atoms with van der Waals surface area (Å²) in [6, 6.07) is 5.80. The summed E-state index contributed by atoms with van der Waals surface area (Å²) < 4.78 is 4.73. The first-order valence-electron chi connectivity index (χ1n) is 5.87. The van der Waals surface area contributed by atoms with Crippen LogP contribution in [0.1, 0.15) is 21.5 Å². The third kappa shape index (κ3) is 2.65. The van der Waals surface area contributed by atoms with E-state index >= 15 is 0 Å². The topological polar surface area (TPSA) is 55.6 Å². The molecule has 1 aromatic carbocycles. The zero-order chi connectivity index (χ0) is 12.3. The van der Waals surface area contributed by atoms with Gasteiger partial charge in [0.15, 0.2) is 0 Å². The van der Waals surface area contributed by atoms with Crippen LogP contribution in [0.25, 0.3) is 0 Å². The fourth-order valence-electron chi connectivity index (χ4n) is 2.23. The highest BCUT2D eigenvalue weighted by atomic mass is 16.5. The van der Waals surface area contributed by atoms with Gasteiger partial charge in [-0.15, -0.1) is 0 Å². The van der Waals surface area contributed by atoms with Gasteiger partial charge in [-0.25, -0.2) is 4.79 Å². The first kappa shape index (κ1) is 12.1. The normalized spacial score (nSPS) is 15.4. The maximum absolute atomic E-state index is 11.5. The number of nitrogens with two attached hydrogens (primary N) is 1. The quantitative estimate of drug-likeness (QED) is 0.786. The number of esters is 1. The van der Waals surface area contributed by atoms with Crippen molar-refractivity contribution in [3.05, 3.63) is 34.9 Å². The molecule has 17 heavy (non-hydrogen) atoms. The van der Waals surface area contributed by atoms with E-state index in [0.717, 1.165) is 26.1 Å². The van der Waals surface area contributed by atoms with E-state index in [1.54, 1.807) is 0 Å². The molecule has 0 radical (unpaired) electrons. The Morgan fingerprint density at radius 3 is 3.00 bits per heavy atom. The molecule has 0 spiro atoms. The first-order chi connectivity index (χ1) is 8.24. The minimum Gasteiger partial charge on any atom is -0.465 e. The van der Waals surface area contributed by atoms with Gasteiger partial charge in [-0.05, 0) is 29.7 Å². The molecule has 0 aliphatic carbocycles. The van der Waals surface area contributed by atoms with Crippen LogP contribution in [0.15, 0.2) is 18.2 Å². The Labute approximate surface area is 101 Å². The zero-order valence-electron chi connectivity index (χ0n) is 10.1. The molecule has 1 heterocycles. The summed E-state index contributed by atoms with van der Waals surface area (Å²) in [5, 5.41) is 0. The molecule has 1 aliphatic rings. The molecule has 0 bridgehead atoms. The number of methoxy groups -OCH3 is 1. The van der Waals surface area contributed by atoms with Gasteiger partial charge < -0.3 is 10.5 Å². The van der Waals surface area contributed by atoms with Gasteiger partial charge in [0.2, 0.25) is 0 Å². The summed E-state index contributed by atoms with van der Waals surface area (Å²) in [4.78, 5) is 13.8. The van der Waals surface area contributed by atoms with Crippen LogP contribution in [0.2, 0.25) is 0 Å². The van der Waals surface area contributed by atoms with Crippen molar-refractivity contribution < 1.29 is 9.53 Å². The van der Waals surface area contributed by atoms with Crippen molar-refractivity contribution in [2.75, 3.05) is 26.7 Å². The second-order valence-electron chi connectivity index (χ2n) is 4.29. The van der Waals surface area contributed by atoms with Gasteiger partial charge in [-0.2, -0.15) is 0 Å². The van der Waals surface area contributed by atoms with E-state index in [4.69, 9.17) is 10.5 Å². The molecule has 92 valence electrons. The molecule has 1 aromatic rings. The van der Waals surface area contributed by atoms with Crippen molar-refractivity contribution in [1.82, 2.24) is 4.90 Å². The molecule has 0 amide bonds. The van der Waals surface area contributed by atoms with Crippen LogP contribution in [0, 0.1) is 0 Å². The number of carbonyl (C=O) groups is 1. The molecule has 0 fully saturated rings. The van der Waals surface area contributed by atoms with Crippen molar-refractivity contribution in [1.29, 1.82) is 0 Å². The van der Waals surface area contributed by atoms with Gasteiger partial charge in [-0.1, -0.05) is 6.07 Å². The van der Waals surface area contributed by atoms with E-state index < -0.39 is 0 Å². The van der Waals surface area contributed by atoms with Crippen LogP contribution in [0.3, 0.4) is 0 Å². The molecule has 0 saturated heterocycles. The molecule has 1 aliphatic heterocycles. The number of ether oxygens (including phenoxy) is 1. The van der Waals surface area contributed by atoms with Crippen molar-refractivity contribution in [3.8, 4) is 0 Å². The Bertz CT molecular complexity index is 418. The summed E-state index contributed by atoms with van der Waals surface area (Å²) in [6.45, 7) is 3.49. The third-order valence-corrected chi connectivity index (χ3v) is 3.16. The molecular formula is C13H18N2O2. The summed E-state index contributed by atoms with van der Waals surface area (Å²) in [5.41, 5.74) is 8.73. The Hall–Kier alpha value is -1.39. The predicted octanol–water partition coefficient (Wildman–Crippen LogP) is 0.790. The number of nitrogens with zero attached hydrogens (tertiary/aromatic N) is 1. The summed E-state index contributed by atoms with van der Waals surface area (Å²) in [5.74, 6) is -0.274. The third-order valence-electron chi connectivity index (χ3n) is 3.16. The summed E-state index contributed by atoms with van der Waals surface area (Å²) >= 11 is 0. The van der Waals surface area contributed by atoms with E-state index in [9.17, 15) is 4.79 Å². The van der Waals surface area contributed by atoms with Gasteiger partial charge in [-0.3, -0.25) is 4.90 Å². The standard InChI is InChI=1S/C13H18N2O2/c1-17-13(16)11-3-2-10-4-6-15(7-5-14)9-12(10)8-11/h2-3,8H,4-7,9,14H2,1H3. The van der Waals surface area contributed by atoms with Gasteiger partial charge in [0, 0.05) is 26.2 Å². The van der Waals surface area contributed by atoms with E-state index in [1.165, 1.54) is 18.2 Å². The fourth-order valence-corrected chi connectivity index (χ4v) is 2.23. The maximum atomic E-state index is 11.5. The zero-order valence-corrected chi connectivity index (χ0v) is 10.1. The average Bonchev–Trinajstić information content (AvgIpc) is 2.37. The van der Waals surface area contributed by atoms with E-state index in [2.05, 4.69) is 4.90 Å². The van der Waals surface area contributed by atoms with Crippen LogP contribution in [-0.2, 0) is 17.7 Å². The van der Waals surface area contributed by atoms with Crippen molar-refractivity contribution in [3.63, 3.8) is 0 Å². The van der Waals surface area contributed by atoms with Crippen LogP contribution in [0.5, 0.6) is 0 Å². The number of fused-ring (bicyclic) bond motifs is 1. The molecule has 4 nitrogen and oxygen atoms in total. The van der Waals surface area contributed by atoms with Crippen molar-refractivity contribution >= 4 is 5.97 Å². The van der Waals surface area contributed by atoms with E-state index in [-0.39, 0.29) is 5.97 Å². The van der Waals surface area contributed by atoms with E-state index in [0.29, 0.717) is 12.1 Å². The van der Waals surface area contributed by atoms with Crippen molar-refractivity contribution in [2.45, 2.75) is 13.0 Å². The monoisotopic (exact) mass is 234 g/mol. The Balaban J connectivity index is 2.20. The number of benzene rings is 1. The maximum Gasteiger partial charge on any atom is 0.337 e. The van der Waals surface area contributed by atoms with Gasteiger partial charge in [0.25, 0.3) is 0 Å². The lowest BCUT2D eigenvalue weighted by Gasteiger charge is -2.28. The van der Waals surface area contributed by atoms with Gasteiger partial charge in [0.1, 0.15) is 0 Å². The molecule has 0 unspecified atom stereocenters. The Morgan fingerprint density at radius 1 is 1.47 bits per heavy atom. The lowest BCUT2D eigenvalue weighted by molar-refractivity contribution is 0.0600. The highest BCUT2D eigenvalue weighted by Gasteiger charge is 2.17. The average molecular weight is 234 g/mol. The second-order valence-corrected chi connectivity index (χ2v) is 4.29. The van der Waals surface area contributed by atoms with Gasteiger partial charge >= 0.3 is 5.97 Å². The van der Waals surface area contributed by atoms with Crippen molar-refractivity contribution in [2.24, 2.45) is 5.73 Å². The number of carbonyl (C=O) groups excluding carboxylic acids is 1. The lowest BCUT2D eigenvalue weighted by atomic mass is 9.97. The molecule has 0 saturated carbocycles. The Kier molecular flexibility index (Phi) is 3.76. The van der Waals surface area contributed by atoms with Crippen LogP contribution in [0.4, 0.5) is 0 Å². The Morgan fingerprint density at radius 2 is 2.29 bits per heavy atom. The van der Waals surface area contributed by atoms with E-state index in [1.807, 2.05) is 18.2 Å². The minimum absolute atomic E-state index is 0.274. The molecule has 2 rings (SSSR count). The number of hydrogen-bond acceptors (Lipinski definition) is 4. The van der Waals surface area contributed by atoms with Gasteiger partial charge in [0.05, 0.1) is 12.7 Å². The number of hydrogen-bond donors (Lipinski definition) is 1. The van der Waals surface area contributed by atoms with Crippen LogP contribution < -0.4 is 5.73 Å². The smallest absolute Gasteiger partial charge is 0.337 e. The van der Waals surface area contributed by atoms with Crippen LogP contribution in [-0.4, -0.2) is 37.6 Å². The molecule has 4 heteroatoms. The summed E-state index contributed by atoms with van der Waals surface area (Å²) in [6.07, 6.45) is 1.02. The predicted molar refractivity (Wildman–Crippen MR) is 65.8 cm³/mol. The molecule has 0 aromatic heterocycles. The second kappa shape index (κ2) is 5.29. The van der Waals surface area contributed by atoms with Crippen LogP contribution >= 0.6 is 0 Å². The highest BCUT2D eigenvalue weighted by Crippen LogP contribution is 2.20. The molecule has 0 atom stereocenters. The lowest BCUT2D eigenvalue weighted by Crippen LogP contribution is -2.34. The first-order valence-corrected chi connectivity index (χ1v) is 5.87.